The van der Waals surface area contributed by atoms with E-state index in [4.69, 9.17) is 15.3 Å². The predicted molar refractivity (Wildman–Crippen MR) is 81.3 cm³/mol. The Labute approximate surface area is 124 Å². The first-order valence-corrected chi connectivity index (χ1v) is 6.31. The van der Waals surface area contributed by atoms with E-state index in [1.165, 1.54) is 24.3 Å². The second kappa shape index (κ2) is 6.45. The van der Waals surface area contributed by atoms with Crippen LogP contribution in [0.25, 0.3) is 10.9 Å². The highest BCUT2D eigenvalue weighted by Gasteiger charge is 2.11. The van der Waals surface area contributed by atoms with Gasteiger partial charge in [-0.05, 0) is 29.7 Å². The van der Waals surface area contributed by atoms with E-state index in [0.717, 1.165) is 10.9 Å². The van der Waals surface area contributed by atoms with Crippen LogP contribution in [0.5, 0.6) is 11.5 Å². The Hall–Kier alpha value is -3.28. The highest BCUT2D eigenvalue weighted by atomic mass is 16.4. The summed E-state index contributed by atoms with van der Waals surface area (Å²) in [7, 11) is 0. The van der Waals surface area contributed by atoms with E-state index in [2.05, 4.69) is 4.98 Å². The molecule has 112 valence electrons. The maximum Gasteiger partial charge on any atom is 0.339 e. The van der Waals surface area contributed by atoms with Crippen LogP contribution < -0.4 is 5.56 Å². The number of benzene rings is 2. The minimum absolute atomic E-state index is 0.0521. The number of carboxylic acid groups (broad SMARTS) is 1. The van der Waals surface area contributed by atoms with Crippen LogP contribution in [0.2, 0.25) is 0 Å². The number of phenols is 2. The molecule has 0 aliphatic carbocycles. The van der Waals surface area contributed by atoms with Crippen molar-refractivity contribution < 1.29 is 20.1 Å². The van der Waals surface area contributed by atoms with Crippen LogP contribution in [0.15, 0.2) is 59.4 Å². The number of aromatic carboxylic acids is 1. The summed E-state index contributed by atoms with van der Waals surface area (Å²) in [6.07, 6.45) is 0. The quantitative estimate of drug-likeness (QED) is 0.515. The fourth-order valence-corrected chi connectivity index (χ4v) is 1.80. The molecular weight excluding hydrogens is 286 g/mol. The normalized spacial score (nSPS) is 9.82. The molecule has 1 aromatic heterocycles. The van der Waals surface area contributed by atoms with Crippen LogP contribution in [0, 0.1) is 0 Å². The van der Waals surface area contributed by atoms with E-state index >= 15 is 0 Å². The molecule has 0 amide bonds. The molecule has 0 unspecified atom stereocenters. The maximum absolute atomic E-state index is 10.8. The van der Waals surface area contributed by atoms with Crippen molar-refractivity contribution in [2.24, 2.45) is 0 Å². The summed E-state index contributed by atoms with van der Waals surface area (Å²) in [5.41, 5.74) is 0.536. The number of hydrogen-bond acceptors (Lipinski definition) is 4. The molecule has 6 heteroatoms. The van der Waals surface area contributed by atoms with Crippen molar-refractivity contribution in [3.8, 4) is 11.5 Å². The van der Waals surface area contributed by atoms with E-state index in [1.807, 2.05) is 30.3 Å². The number of rotatable bonds is 1. The molecular formula is C16H13NO5. The highest BCUT2D eigenvalue weighted by Crippen LogP contribution is 2.27. The lowest BCUT2D eigenvalue weighted by Crippen LogP contribution is -2.01. The zero-order chi connectivity index (χ0) is 16.1. The zero-order valence-corrected chi connectivity index (χ0v) is 11.4. The van der Waals surface area contributed by atoms with Crippen LogP contribution >= 0.6 is 0 Å². The lowest BCUT2D eigenvalue weighted by Gasteiger charge is -1.99. The van der Waals surface area contributed by atoms with E-state index in [-0.39, 0.29) is 11.1 Å². The number of carbonyl (C=O) groups is 1. The van der Waals surface area contributed by atoms with Gasteiger partial charge in [-0.25, -0.2) is 4.79 Å². The third kappa shape index (κ3) is 3.43. The van der Waals surface area contributed by atoms with Crippen molar-refractivity contribution in [3.05, 3.63) is 70.5 Å². The summed E-state index contributed by atoms with van der Waals surface area (Å²) in [4.78, 5) is 23.9. The number of carboxylic acids is 1. The van der Waals surface area contributed by atoms with Gasteiger partial charge in [0, 0.05) is 11.6 Å². The molecule has 0 radical (unpaired) electrons. The second-order valence-electron chi connectivity index (χ2n) is 4.39. The Morgan fingerprint density at radius 2 is 1.64 bits per heavy atom. The van der Waals surface area contributed by atoms with Crippen LogP contribution in [0.4, 0.5) is 0 Å². The molecule has 0 aliphatic heterocycles. The lowest BCUT2D eigenvalue weighted by atomic mass is 10.2. The highest BCUT2D eigenvalue weighted by molar-refractivity contribution is 5.91. The fraction of sp³-hybridized carbons (Fsp3) is 0. The zero-order valence-electron chi connectivity index (χ0n) is 11.4. The Morgan fingerprint density at radius 3 is 2.32 bits per heavy atom. The SMILES string of the molecule is O=C(O)c1cccc(O)c1O.O=c1ccc2ccccc2[nH]1. The molecule has 0 bridgehead atoms. The lowest BCUT2D eigenvalue weighted by molar-refractivity contribution is 0.0693. The van der Waals surface area contributed by atoms with Gasteiger partial charge in [0.05, 0.1) is 0 Å². The first-order valence-electron chi connectivity index (χ1n) is 6.31. The number of nitrogens with one attached hydrogen (secondary N) is 1. The Balaban J connectivity index is 0.000000160. The largest absolute Gasteiger partial charge is 0.504 e. The van der Waals surface area contributed by atoms with Crippen molar-refractivity contribution in [1.82, 2.24) is 4.98 Å². The fourth-order valence-electron chi connectivity index (χ4n) is 1.80. The van der Waals surface area contributed by atoms with Crippen molar-refractivity contribution >= 4 is 16.9 Å². The van der Waals surface area contributed by atoms with Gasteiger partial charge in [-0.1, -0.05) is 24.3 Å². The predicted octanol–water partition coefficient (Wildman–Crippen LogP) is 2.32. The average Bonchev–Trinajstić information content (AvgIpc) is 2.50. The van der Waals surface area contributed by atoms with E-state index in [0.29, 0.717) is 0 Å². The number of hydrogen-bond donors (Lipinski definition) is 4. The van der Waals surface area contributed by atoms with Gasteiger partial charge < -0.3 is 20.3 Å². The van der Waals surface area contributed by atoms with Crippen molar-refractivity contribution in [2.75, 3.05) is 0 Å². The molecule has 3 rings (SSSR count). The summed E-state index contributed by atoms with van der Waals surface area (Å²) >= 11 is 0. The molecule has 0 atom stereocenters. The van der Waals surface area contributed by atoms with Gasteiger partial charge in [0.1, 0.15) is 5.56 Å². The molecule has 0 spiro atoms. The van der Waals surface area contributed by atoms with Crippen molar-refractivity contribution in [3.63, 3.8) is 0 Å². The van der Waals surface area contributed by atoms with Gasteiger partial charge in [-0.2, -0.15) is 0 Å². The third-order valence-electron chi connectivity index (χ3n) is 2.88. The number of aromatic amines is 1. The minimum Gasteiger partial charge on any atom is -0.504 e. The Kier molecular flexibility index (Phi) is 4.43. The van der Waals surface area contributed by atoms with Crippen LogP contribution in [0.1, 0.15) is 10.4 Å². The van der Waals surface area contributed by atoms with Crippen LogP contribution in [0.3, 0.4) is 0 Å². The smallest absolute Gasteiger partial charge is 0.339 e. The second-order valence-corrected chi connectivity index (χ2v) is 4.39. The number of phenolic OH excluding ortho intramolecular Hbond substituents is 1. The van der Waals surface area contributed by atoms with Crippen molar-refractivity contribution in [2.45, 2.75) is 0 Å². The van der Waals surface area contributed by atoms with Gasteiger partial charge in [0.15, 0.2) is 11.5 Å². The monoisotopic (exact) mass is 299 g/mol. The number of aromatic hydroxyl groups is 2. The molecule has 4 N–H and O–H groups in total. The molecule has 2 aromatic carbocycles. The molecule has 6 nitrogen and oxygen atoms in total. The summed E-state index contributed by atoms with van der Waals surface area (Å²) in [5, 5.41) is 27.3. The van der Waals surface area contributed by atoms with E-state index in [1.54, 1.807) is 0 Å². The van der Waals surface area contributed by atoms with Gasteiger partial charge in [-0.15, -0.1) is 0 Å². The van der Waals surface area contributed by atoms with Gasteiger partial charge >= 0.3 is 5.97 Å². The van der Waals surface area contributed by atoms with E-state index < -0.39 is 17.5 Å². The van der Waals surface area contributed by atoms with Gasteiger partial charge in [0.25, 0.3) is 0 Å². The number of H-pyrrole nitrogens is 1. The summed E-state index contributed by atoms with van der Waals surface area (Å²) in [6.45, 7) is 0. The van der Waals surface area contributed by atoms with Crippen molar-refractivity contribution in [1.29, 1.82) is 0 Å². The summed E-state index contributed by atoms with van der Waals surface area (Å²) < 4.78 is 0. The molecule has 0 fully saturated rings. The molecule has 0 saturated carbocycles. The van der Waals surface area contributed by atoms with Crippen LogP contribution in [-0.2, 0) is 0 Å². The number of fused-ring (bicyclic) bond motifs is 1. The summed E-state index contributed by atoms with van der Waals surface area (Å²) in [5.74, 6) is -2.29. The topological polar surface area (TPSA) is 111 Å². The maximum atomic E-state index is 10.8. The molecule has 0 aliphatic rings. The number of para-hydroxylation sites is 2. The number of aromatic nitrogens is 1. The summed E-state index contributed by atoms with van der Waals surface area (Å²) in [6, 6.07) is 14.8. The molecule has 0 saturated heterocycles. The Bertz CT molecular complexity index is 870. The van der Waals surface area contributed by atoms with E-state index in [9.17, 15) is 9.59 Å². The van der Waals surface area contributed by atoms with Gasteiger partial charge in [-0.3, -0.25) is 4.79 Å². The van der Waals surface area contributed by atoms with Crippen LogP contribution in [-0.4, -0.2) is 26.3 Å². The molecule has 1 heterocycles. The van der Waals surface area contributed by atoms with Gasteiger partial charge in [0.2, 0.25) is 5.56 Å². The third-order valence-corrected chi connectivity index (χ3v) is 2.88. The molecule has 22 heavy (non-hydrogen) atoms. The average molecular weight is 299 g/mol. The standard InChI is InChI=1S/C9H7NO.C7H6O4/c11-9-6-5-7-3-1-2-4-8(7)10-9;8-5-3-1-2-4(6(5)9)7(10)11/h1-6H,(H,10,11);1-3,8-9H,(H,10,11). The minimum atomic E-state index is -1.27. The number of pyridine rings is 1. The first-order chi connectivity index (χ1) is 10.5. The Morgan fingerprint density at radius 1 is 0.909 bits per heavy atom. The first kappa shape index (κ1) is 15.1. The molecule has 3 aromatic rings.